The van der Waals surface area contributed by atoms with Gasteiger partial charge in [0.1, 0.15) is 11.1 Å². The van der Waals surface area contributed by atoms with E-state index in [9.17, 15) is 5.26 Å². The van der Waals surface area contributed by atoms with Crippen molar-refractivity contribution < 1.29 is 0 Å². The van der Waals surface area contributed by atoms with Gasteiger partial charge < -0.3 is 0 Å². The maximum atomic E-state index is 9.46. The Morgan fingerprint density at radius 2 is 1.95 bits per heavy atom. The summed E-state index contributed by atoms with van der Waals surface area (Å²) in [6.07, 6.45) is 1.51. The Kier molecular flexibility index (Phi) is 5.46. The van der Waals surface area contributed by atoms with Crippen molar-refractivity contribution in [2.75, 3.05) is 0 Å². The molecule has 0 spiro atoms. The van der Waals surface area contributed by atoms with Crippen LogP contribution in [0.25, 0.3) is 0 Å². The van der Waals surface area contributed by atoms with E-state index in [0.717, 1.165) is 29.0 Å². The van der Waals surface area contributed by atoms with Crippen molar-refractivity contribution >= 4 is 35.0 Å². The average molecular weight is 338 g/mol. The van der Waals surface area contributed by atoms with Crippen LogP contribution in [0.15, 0.2) is 28.1 Å². The Bertz CT molecular complexity index is 711. The molecule has 0 saturated heterocycles. The molecule has 1 aromatic carbocycles. The van der Waals surface area contributed by atoms with E-state index in [1.54, 1.807) is 18.2 Å². The van der Waals surface area contributed by atoms with Gasteiger partial charge in [0.25, 0.3) is 0 Å². The zero-order chi connectivity index (χ0) is 15.4. The molecule has 0 N–H and O–H groups in total. The first kappa shape index (κ1) is 16.1. The van der Waals surface area contributed by atoms with Gasteiger partial charge in [-0.15, -0.1) is 5.10 Å². The molecule has 0 bridgehead atoms. The molecule has 21 heavy (non-hydrogen) atoms. The summed E-state index contributed by atoms with van der Waals surface area (Å²) in [7, 11) is 0. The predicted octanol–water partition coefficient (Wildman–Crippen LogP) is 4.93. The van der Waals surface area contributed by atoms with Crippen molar-refractivity contribution in [2.45, 2.75) is 36.6 Å². The molecular weight excluding hydrogens is 325 g/mol. The van der Waals surface area contributed by atoms with E-state index in [4.69, 9.17) is 23.2 Å². The molecule has 108 valence electrons. The summed E-state index contributed by atoms with van der Waals surface area (Å²) < 4.78 is 0. The molecule has 0 fully saturated rings. The fraction of sp³-hybridized carbons (Fsp3) is 0.267. The summed E-state index contributed by atoms with van der Waals surface area (Å²) >= 11 is 13.5. The Morgan fingerprint density at radius 3 is 2.57 bits per heavy atom. The highest BCUT2D eigenvalue weighted by atomic mass is 35.5. The fourth-order valence-corrected chi connectivity index (χ4v) is 3.38. The van der Waals surface area contributed by atoms with Gasteiger partial charge in [0.05, 0.1) is 16.3 Å². The quantitative estimate of drug-likeness (QED) is 0.793. The van der Waals surface area contributed by atoms with Gasteiger partial charge in [-0.3, -0.25) is 0 Å². The minimum atomic E-state index is 0.565. The number of rotatable bonds is 4. The topological polar surface area (TPSA) is 49.6 Å². The van der Waals surface area contributed by atoms with Crippen LogP contribution in [0.4, 0.5) is 0 Å². The van der Waals surface area contributed by atoms with E-state index in [2.05, 4.69) is 16.3 Å². The number of benzene rings is 1. The molecule has 1 heterocycles. The molecule has 2 rings (SSSR count). The second-order valence-electron chi connectivity index (χ2n) is 4.30. The highest BCUT2D eigenvalue weighted by molar-refractivity contribution is 7.99. The van der Waals surface area contributed by atoms with Gasteiger partial charge in [-0.1, -0.05) is 48.8 Å². The maximum absolute atomic E-state index is 9.46. The van der Waals surface area contributed by atoms with E-state index in [1.165, 1.54) is 11.8 Å². The van der Waals surface area contributed by atoms with E-state index >= 15 is 0 Å². The normalized spacial score (nSPS) is 10.4. The molecule has 0 radical (unpaired) electrons. The van der Waals surface area contributed by atoms with E-state index in [1.807, 2.05) is 13.8 Å². The van der Waals surface area contributed by atoms with Gasteiger partial charge in [-0.2, -0.15) is 10.4 Å². The predicted molar refractivity (Wildman–Crippen MR) is 86.1 cm³/mol. The third kappa shape index (κ3) is 3.49. The van der Waals surface area contributed by atoms with E-state index in [-0.39, 0.29) is 0 Å². The Morgan fingerprint density at radius 1 is 1.19 bits per heavy atom. The van der Waals surface area contributed by atoms with Crippen LogP contribution in [0, 0.1) is 11.3 Å². The third-order valence-electron chi connectivity index (χ3n) is 3.03. The lowest BCUT2D eigenvalue weighted by molar-refractivity contribution is 0.818. The van der Waals surface area contributed by atoms with Crippen LogP contribution in [0.3, 0.4) is 0 Å². The highest BCUT2D eigenvalue weighted by Crippen LogP contribution is 2.36. The molecule has 6 heteroatoms. The summed E-state index contributed by atoms with van der Waals surface area (Å²) in [5, 5.41) is 19.6. The first-order chi connectivity index (χ1) is 10.1. The van der Waals surface area contributed by atoms with E-state index in [0.29, 0.717) is 20.6 Å². The molecule has 0 aliphatic carbocycles. The van der Waals surface area contributed by atoms with Crippen LogP contribution in [-0.4, -0.2) is 10.2 Å². The summed E-state index contributed by atoms with van der Waals surface area (Å²) in [5.74, 6) is 0. The summed E-state index contributed by atoms with van der Waals surface area (Å²) in [6, 6.07) is 7.46. The maximum Gasteiger partial charge on any atom is 0.142 e. The van der Waals surface area contributed by atoms with Crippen molar-refractivity contribution in [1.82, 2.24) is 10.2 Å². The molecule has 0 aliphatic rings. The summed E-state index contributed by atoms with van der Waals surface area (Å²) in [4.78, 5) is 0.765. The Labute approximate surface area is 138 Å². The van der Waals surface area contributed by atoms with Crippen molar-refractivity contribution in [2.24, 2.45) is 0 Å². The number of aromatic nitrogens is 2. The monoisotopic (exact) mass is 337 g/mol. The summed E-state index contributed by atoms with van der Waals surface area (Å²) in [5.41, 5.74) is 2.40. The minimum absolute atomic E-state index is 0.565. The first-order valence-electron chi connectivity index (χ1n) is 6.52. The highest BCUT2D eigenvalue weighted by Gasteiger charge is 2.16. The minimum Gasteiger partial charge on any atom is -0.192 e. The zero-order valence-electron chi connectivity index (χ0n) is 11.7. The fourth-order valence-electron chi connectivity index (χ4n) is 2.00. The number of nitriles is 1. The van der Waals surface area contributed by atoms with Crippen molar-refractivity contribution in [1.29, 1.82) is 5.26 Å². The van der Waals surface area contributed by atoms with Gasteiger partial charge >= 0.3 is 0 Å². The summed E-state index contributed by atoms with van der Waals surface area (Å²) in [6.45, 7) is 4.02. The second kappa shape index (κ2) is 7.13. The lowest BCUT2D eigenvalue weighted by Crippen LogP contribution is -2.04. The Balaban J connectivity index is 2.50. The molecule has 0 saturated carbocycles. The van der Waals surface area contributed by atoms with Crippen LogP contribution in [0.5, 0.6) is 0 Å². The average Bonchev–Trinajstić information content (AvgIpc) is 2.50. The van der Waals surface area contributed by atoms with Gasteiger partial charge in [0.15, 0.2) is 0 Å². The lowest BCUT2D eigenvalue weighted by atomic mass is 10.1. The van der Waals surface area contributed by atoms with Crippen LogP contribution in [-0.2, 0) is 12.8 Å². The SMILES string of the molecule is CCc1nnc(Sc2cc(Cl)ccc2Cl)c(C#N)c1CC. The first-order valence-corrected chi connectivity index (χ1v) is 8.09. The number of halogens is 2. The van der Waals surface area contributed by atoms with Crippen LogP contribution < -0.4 is 0 Å². The smallest absolute Gasteiger partial charge is 0.142 e. The number of aryl methyl sites for hydroxylation is 1. The molecule has 3 nitrogen and oxygen atoms in total. The lowest BCUT2D eigenvalue weighted by Gasteiger charge is -2.10. The molecule has 1 aromatic heterocycles. The van der Waals surface area contributed by atoms with Gasteiger partial charge in [0, 0.05) is 9.92 Å². The number of hydrogen-bond donors (Lipinski definition) is 0. The van der Waals surface area contributed by atoms with Gasteiger partial charge in [0.2, 0.25) is 0 Å². The van der Waals surface area contributed by atoms with Crippen molar-refractivity contribution in [3.8, 4) is 6.07 Å². The molecule has 0 amide bonds. The third-order valence-corrected chi connectivity index (χ3v) is 4.74. The van der Waals surface area contributed by atoms with Crippen LogP contribution in [0.1, 0.15) is 30.7 Å². The van der Waals surface area contributed by atoms with Crippen LogP contribution in [0.2, 0.25) is 10.0 Å². The molecular formula is C15H13Cl2N3S. The van der Waals surface area contributed by atoms with Gasteiger partial charge in [-0.05, 0) is 36.6 Å². The molecule has 0 unspecified atom stereocenters. The van der Waals surface area contributed by atoms with E-state index < -0.39 is 0 Å². The van der Waals surface area contributed by atoms with Crippen molar-refractivity contribution in [3.05, 3.63) is 45.1 Å². The zero-order valence-corrected chi connectivity index (χ0v) is 14.0. The Hall–Kier alpha value is -1.28. The molecule has 0 atom stereocenters. The molecule has 0 aliphatic heterocycles. The largest absolute Gasteiger partial charge is 0.192 e. The van der Waals surface area contributed by atoms with Crippen LogP contribution >= 0.6 is 35.0 Å². The number of nitrogens with zero attached hydrogens (tertiary/aromatic N) is 3. The molecule has 2 aromatic rings. The number of hydrogen-bond acceptors (Lipinski definition) is 4. The van der Waals surface area contributed by atoms with Crippen molar-refractivity contribution in [3.63, 3.8) is 0 Å². The standard InChI is InChI=1S/C15H13Cl2N3S/c1-3-10-11(8-18)15(20-19-13(10)4-2)21-14-7-9(16)5-6-12(14)17/h5-7H,3-4H2,1-2H3. The van der Waals surface area contributed by atoms with Gasteiger partial charge in [-0.25, -0.2) is 0 Å². The second-order valence-corrected chi connectivity index (χ2v) is 6.18.